The molecule has 0 saturated carbocycles. The molecule has 0 aliphatic carbocycles. The minimum Gasteiger partial charge on any atom is -0.258 e. The molecular weight excluding hydrogens is 262 g/mol. The summed E-state index contributed by atoms with van der Waals surface area (Å²) in [6.07, 6.45) is 11.2. The van der Waals surface area contributed by atoms with Crippen LogP contribution in [0.3, 0.4) is 0 Å². The van der Waals surface area contributed by atoms with Crippen LogP contribution >= 0.6 is 0 Å². The third-order valence-electron chi connectivity index (χ3n) is 3.45. The van der Waals surface area contributed by atoms with Crippen molar-refractivity contribution in [2.45, 2.75) is 64.7 Å². The zero-order chi connectivity index (χ0) is 15.3. The molecule has 1 aromatic carbocycles. The van der Waals surface area contributed by atoms with Crippen LogP contribution in [0.25, 0.3) is 0 Å². The largest absolute Gasteiger partial charge is 0.270 e. The Bertz CT molecular complexity index is 485. The summed E-state index contributed by atoms with van der Waals surface area (Å²) in [5.74, 6) is 6.11. The molecule has 1 rings (SSSR count). The number of nitro groups is 1. The van der Waals surface area contributed by atoms with Crippen molar-refractivity contribution in [2.24, 2.45) is 0 Å². The van der Waals surface area contributed by atoms with E-state index in [9.17, 15) is 10.1 Å². The van der Waals surface area contributed by atoms with Crippen molar-refractivity contribution >= 4 is 5.69 Å². The summed E-state index contributed by atoms with van der Waals surface area (Å²) in [5.41, 5.74) is 0.831. The zero-order valence-corrected chi connectivity index (χ0v) is 12.9. The highest BCUT2D eigenvalue weighted by molar-refractivity contribution is 5.42. The summed E-state index contributed by atoms with van der Waals surface area (Å²) in [4.78, 5) is 10.3. The molecular formula is C18H25NO2. The van der Waals surface area contributed by atoms with Gasteiger partial charge < -0.3 is 0 Å². The lowest BCUT2D eigenvalue weighted by Gasteiger charge is -1.99. The van der Waals surface area contributed by atoms with Gasteiger partial charge in [0.25, 0.3) is 5.69 Å². The molecule has 1 aromatic rings. The van der Waals surface area contributed by atoms with Gasteiger partial charge in [-0.2, -0.15) is 0 Å². The lowest BCUT2D eigenvalue weighted by molar-refractivity contribution is -0.384. The Morgan fingerprint density at radius 2 is 1.71 bits per heavy atom. The van der Waals surface area contributed by atoms with Crippen LogP contribution in [-0.2, 0) is 0 Å². The monoisotopic (exact) mass is 287 g/mol. The van der Waals surface area contributed by atoms with Gasteiger partial charge in [-0.15, -0.1) is 0 Å². The summed E-state index contributed by atoms with van der Waals surface area (Å²) in [6.45, 7) is 2.24. The highest BCUT2D eigenvalue weighted by Crippen LogP contribution is 2.12. The van der Waals surface area contributed by atoms with Crippen LogP contribution in [0.2, 0.25) is 0 Å². The Morgan fingerprint density at radius 3 is 2.38 bits per heavy atom. The van der Waals surface area contributed by atoms with Crippen molar-refractivity contribution in [3.63, 3.8) is 0 Å². The molecule has 0 unspecified atom stereocenters. The first-order valence-corrected chi connectivity index (χ1v) is 7.97. The molecule has 0 saturated heterocycles. The van der Waals surface area contributed by atoms with Gasteiger partial charge in [-0.3, -0.25) is 10.1 Å². The predicted molar refractivity (Wildman–Crippen MR) is 87.2 cm³/mol. The predicted octanol–water partition coefficient (Wildman–Crippen LogP) is 5.48. The molecule has 0 radical (unpaired) electrons. The number of non-ortho nitro benzene ring substituents is 1. The van der Waals surface area contributed by atoms with Gasteiger partial charge >= 0.3 is 0 Å². The summed E-state index contributed by atoms with van der Waals surface area (Å²) < 4.78 is 0. The summed E-state index contributed by atoms with van der Waals surface area (Å²) in [5, 5.41) is 10.7. The highest BCUT2D eigenvalue weighted by atomic mass is 16.6. The summed E-state index contributed by atoms with van der Waals surface area (Å²) in [6, 6.07) is 6.51. The molecule has 21 heavy (non-hydrogen) atoms. The van der Waals surface area contributed by atoms with E-state index in [2.05, 4.69) is 18.8 Å². The van der Waals surface area contributed by atoms with Crippen molar-refractivity contribution in [3.8, 4) is 11.8 Å². The van der Waals surface area contributed by atoms with E-state index in [-0.39, 0.29) is 10.6 Å². The van der Waals surface area contributed by atoms with Crippen molar-refractivity contribution in [1.82, 2.24) is 0 Å². The fourth-order valence-electron chi connectivity index (χ4n) is 2.21. The molecule has 0 aliphatic heterocycles. The van der Waals surface area contributed by atoms with Gasteiger partial charge in [0.2, 0.25) is 0 Å². The third-order valence-corrected chi connectivity index (χ3v) is 3.45. The fraction of sp³-hybridized carbons (Fsp3) is 0.556. The topological polar surface area (TPSA) is 43.1 Å². The minimum absolute atomic E-state index is 0.105. The normalized spacial score (nSPS) is 9.95. The van der Waals surface area contributed by atoms with Crippen molar-refractivity contribution < 1.29 is 4.92 Å². The van der Waals surface area contributed by atoms with Crippen LogP contribution in [0.4, 0.5) is 5.69 Å². The highest BCUT2D eigenvalue weighted by Gasteiger charge is 2.03. The van der Waals surface area contributed by atoms with Crippen LogP contribution in [0.15, 0.2) is 24.3 Å². The molecule has 3 heteroatoms. The number of unbranched alkanes of at least 4 members (excludes halogenated alkanes) is 8. The molecule has 0 aliphatic rings. The van der Waals surface area contributed by atoms with Crippen molar-refractivity contribution in [3.05, 3.63) is 39.9 Å². The molecule has 0 N–H and O–H groups in total. The first-order chi connectivity index (χ1) is 10.2. The quantitative estimate of drug-likeness (QED) is 0.261. The molecule has 0 amide bonds. The molecule has 0 bridgehead atoms. The number of nitro benzene ring substituents is 1. The maximum absolute atomic E-state index is 10.7. The van der Waals surface area contributed by atoms with Crippen LogP contribution < -0.4 is 0 Å². The molecule has 0 atom stereocenters. The molecule has 0 aromatic heterocycles. The molecule has 3 nitrogen and oxygen atoms in total. The maximum Gasteiger partial charge on any atom is 0.270 e. The van der Waals surface area contributed by atoms with Crippen LogP contribution in [0.5, 0.6) is 0 Å². The third kappa shape index (κ3) is 8.14. The standard InChI is InChI=1S/C18H25NO2/c1-2-3-4-5-6-7-8-9-10-11-13-17-14-12-15-18(16-17)19(20)21/h12,14-16H,2-10H2,1H3. The van der Waals surface area contributed by atoms with Crippen LogP contribution in [-0.4, -0.2) is 4.92 Å². The second-order valence-corrected chi connectivity index (χ2v) is 5.33. The van der Waals surface area contributed by atoms with E-state index in [0.29, 0.717) is 0 Å². The first kappa shape index (κ1) is 17.2. The van der Waals surface area contributed by atoms with E-state index >= 15 is 0 Å². The number of hydrogen-bond donors (Lipinski definition) is 0. The number of nitrogens with zero attached hydrogens (tertiary/aromatic N) is 1. The van der Waals surface area contributed by atoms with Gasteiger partial charge in [-0.25, -0.2) is 0 Å². The zero-order valence-electron chi connectivity index (χ0n) is 12.9. The van der Waals surface area contributed by atoms with Crippen LogP contribution in [0, 0.1) is 22.0 Å². The Labute approximate surface area is 127 Å². The smallest absolute Gasteiger partial charge is 0.258 e. The van der Waals surface area contributed by atoms with E-state index in [4.69, 9.17) is 0 Å². The summed E-state index contributed by atoms with van der Waals surface area (Å²) >= 11 is 0. The SMILES string of the molecule is CCCCCCCCCCC#Cc1cccc([N+](=O)[O-])c1. The van der Waals surface area contributed by atoms with Crippen molar-refractivity contribution in [1.29, 1.82) is 0 Å². The van der Waals surface area contributed by atoms with E-state index in [0.717, 1.165) is 18.4 Å². The van der Waals surface area contributed by atoms with Gasteiger partial charge in [0.15, 0.2) is 0 Å². The first-order valence-electron chi connectivity index (χ1n) is 7.97. The number of benzene rings is 1. The molecule has 114 valence electrons. The number of hydrogen-bond acceptors (Lipinski definition) is 2. The van der Waals surface area contributed by atoms with Gasteiger partial charge in [0, 0.05) is 24.1 Å². The van der Waals surface area contributed by atoms with Gasteiger partial charge in [-0.05, 0) is 12.5 Å². The second kappa shape index (κ2) is 10.9. The average molecular weight is 287 g/mol. The maximum atomic E-state index is 10.7. The van der Waals surface area contributed by atoms with Crippen molar-refractivity contribution in [2.75, 3.05) is 0 Å². The van der Waals surface area contributed by atoms with Crippen LogP contribution in [0.1, 0.15) is 70.3 Å². The van der Waals surface area contributed by atoms with Gasteiger partial charge in [0.05, 0.1) is 4.92 Å². The Balaban J connectivity index is 2.16. The molecule has 0 fully saturated rings. The van der Waals surface area contributed by atoms with E-state index in [1.165, 1.54) is 57.1 Å². The number of rotatable bonds is 9. The van der Waals surface area contributed by atoms with E-state index < -0.39 is 0 Å². The Hall–Kier alpha value is -1.82. The Kier molecular flexibility index (Phi) is 8.95. The van der Waals surface area contributed by atoms with E-state index in [1.54, 1.807) is 6.07 Å². The Morgan fingerprint density at radius 1 is 1.05 bits per heavy atom. The molecule has 0 heterocycles. The lowest BCUT2D eigenvalue weighted by atomic mass is 10.1. The van der Waals surface area contributed by atoms with Gasteiger partial charge in [0.1, 0.15) is 0 Å². The lowest BCUT2D eigenvalue weighted by Crippen LogP contribution is -1.87. The minimum atomic E-state index is -0.385. The van der Waals surface area contributed by atoms with Gasteiger partial charge in [-0.1, -0.05) is 69.8 Å². The molecule has 0 spiro atoms. The van der Waals surface area contributed by atoms with E-state index in [1.807, 2.05) is 6.07 Å². The fourth-order valence-corrected chi connectivity index (χ4v) is 2.21. The summed E-state index contributed by atoms with van der Waals surface area (Å²) in [7, 11) is 0. The average Bonchev–Trinajstić information content (AvgIpc) is 2.49. The second-order valence-electron chi connectivity index (χ2n) is 5.33.